The summed E-state index contributed by atoms with van der Waals surface area (Å²) >= 11 is 6.52. The highest BCUT2D eigenvalue weighted by molar-refractivity contribution is 6.33. The average molecular weight is 477 g/mol. The first-order chi connectivity index (χ1) is 16.6. The van der Waals surface area contributed by atoms with Gasteiger partial charge in [0.15, 0.2) is 11.8 Å². The predicted molar refractivity (Wildman–Crippen MR) is 123 cm³/mol. The number of imidazole rings is 1. The van der Waals surface area contributed by atoms with Crippen LogP contribution in [0.15, 0.2) is 48.5 Å². The summed E-state index contributed by atoms with van der Waals surface area (Å²) < 4.78 is 31.8. The SMILES string of the molecule is N#Cc1ccc(-c2ccc(-c3nc4nc(OC5CO[C@@H]6CCO[C@H]56)[nH]c4cc3Cl)cc2)c(F)c1. The first-order valence-electron chi connectivity index (χ1n) is 10.9. The molecule has 0 radical (unpaired) electrons. The van der Waals surface area contributed by atoms with Crippen LogP contribution in [0.3, 0.4) is 0 Å². The van der Waals surface area contributed by atoms with Gasteiger partial charge in [-0.1, -0.05) is 41.9 Å². The number of rotatable bonds is 4. The number of hydrogen-bond acceptors (Lipinski definition) is 6. The molecule has 0 amide bonds. The number of hydrogen-bond donors (Lipinski definition) is 1. The number of nitrogens with zero attached hydrogens (tertiary/aromatic N) is 3. The average Bonchev–Trinajstić information content (AvgIpc) is 3.56. The zero-order valence-corrected chi connectivity index (χ0v) is 18.6. The molecule has 0 aliphatic carbocycles. The fourth-order valence-corrected chi connectivity index (χ4v) is 4.72. The van der Waals surface area contributed by atoms with Gasteiger partial charge in [-0.15, -0.1) is 0 Å². The van der Waals surface area contributed by atoms with Gasteiger partial charge in [0.25, 0.3) is 6.01 Å². The number of pyridine rings is 1. The quantitative estimate of drug-likeness (QED) is 0.450. The van der Waals surface area contributed by atoms with Crippen molar-refractivity contribution in [3.05, 3.63) is 64.9 Å². The number of nitrogens with one attached hydrogen (secondary N) is 1. The molecule has 2 aromatic heterocycles. The number of ether oxygens (including phenoxy) is 3. The molecule has 2 aliphatic rings. The van der Waals surface area contributed by atoms with Gasteiger partial charge in [0.1, 0.15) is 11.9 Å². The summed E-state index contributed by atoms with van der Waals surface area (Å²) in [6.45, 7) is 1.13. The maximum absolute atomic E-state index is 14.4. The number of nitriles is 1. The van der Waals surface area contributed by atoms with Crippen molar-refractivity contribution in [3.8, 4) is 34.5 Å². The van der Waals surface area contributed by atoms with Gasteiger partial charge in [0.2, 0.25) is 0 Å². The molecule has 170 valence electrons. The summed E-state index contributed by atoms with van der Waals surface area (Å²) in [4.78, 5) is 12.2. The normalized spacial score (nSPS) is 21.5. The molecule has 1 unspecified atom stereocenters. The molecule has 0 bridgehead atoms. The minimum absolute atomic E-state index is 0.0780. The van der Waals surface area contributed by atoms with Crippen LogP contribution in [0.1, 0.15) is 12.0 Å². The van der Waals surface area contributed by atoms with E-state index >= 15 is 0 Å². The van der Waals surface area contributed by atoms with Gasteiger partial charge in [0, 0.05) is 17.7 Å². The van der Waals surface area contributed by atoms with Gasteiger partial charge in [-0.05, 0) is 30.2 Å². The minimum Gasteiger partial charge on any atom is -0.456 e. The Morgan fingerprint density at radius 2 is 1.91 bits per heavy atom. The standard InChI is InChI=1S/C25H18ClFN4O3/c26-17-10-19-24(31-25(29-19)34-21-12-33-20-7-8-32-23(20)21)30-22(17)15-4-2-14(3-5-15)16-6-1-13(11-28)9-18(16)27/h1-6,9-10,20-21,23H,7-8,12H2,(H,29,30,31)/t20-,21?,23+/m1/s1. The van der Waals surface area contributed by atoms with E-state index in [0.29, 0.717) is 52.2 Å². The van der Waals surface area contributed by atoms with Crippen molar-refractivity contribution in [2.75, 3.05) is 13.2 Å². The van der Waals surface area contributed by atoms with Crippen LogP contribution >= 0.6 is 11.6 Å². The first-order valence-corrected chi connectivity index (χ1v) is 11.2. The second kappa shape index (κ2) is 8.37. The van der Waals surface area contributed by atoms with E-state index < -0.39 is 5.82 Å². The molecule has 2 saturated heterocycles. The Kier molecular flexibility index (Phi) is 5.18. The lowest BCUT2D eigenvalue weighted by Gasteiger charge is -2.15. The smallest absolute Gasteiger partial charge is 0.296 e. The molecule has 0 spiro atoms. The lowest BCUT2D eigenvalue weighted by molar-refractivity contribution is 0.0273. The third-order valence-electron chi connectivity index (χ3n) is 6.16. The van der Waals surface area contributed by atoms with Crippen LogP contribution in [0.25, 0.3) is 33.5 Å². The van der Waals surface area contributed by atoms with E-state index in [1.54, 1.807) is 30.3 Å². The lowest BCUT2D eigenvalue weighted by Crippen LogP contribution is -2.32. The van der Waals surface area contributed by atoms with Crippen molar-refractivity contribution in [1.29, 1.82) is 5.26 Å². The van der Waals surface area contributed by atoms with E-state index in [4.69, 9.17) is 31.1 Å². The molecule has 7 nitrogen and oxygen atoms in total. The van der Waals surface area contributed by atoms with Gasteiger partial charge in [-0.3, -0.25) is 0 Å². The Morgan fingerprint density at radius 1 is 1.09 bits per heavy atom. The molecule has 4 heterocycles. The number of aromatic amines is 1. The molecule has 3 atom stereocenters. The van der Waals surface area contributed by atoms with Crippen molar-refractivity contribution in [2.24, 2.45) is 0 Å². The van der Waals surface area contributed by atoms with Crippen LogP contribution in [0.5, 0.6) is 6.01 Å². The molecule has 2 aromatic carbocycles. The Hall–Kier alpha value is -3.51. The summed E-state index contributed by atoms with van der Waals surface area (Å²) in [6, 6.07) is 15.7. The molecule has 1 N–H and O–H groups in total. The number of fused-ring (bicyclic) bond motifs is 2. The maximum Gasteiger partial charge on any atom is 0.296 e. The summed E-state index contributed by atoms with van der Waals surface area (Å²) in [6.07, 6.45) is 0.647. The summed E-state index contributed by atoms with van der Waals surface area (Å²) in [5, 5.41) is 9.38. The number of H-pyrrole nitrogens is 1. The minimum atomic E-state index is -0.449. The zero-order valence-electron chi connectivity index (χ0n) is 17.8. The molecular weight excluding hydrogens is 459 g/mol. The molecule has 2 aliphatic heterocycles. The Morgan fingerprint density at radius 3 is 2.71 bits per heavy atom. The second-order valence-corrected chi connectivity index (χ2v) is 8.68. The van der Waals surface area contributed by atoms with Crippen molar-refractivity contribution in [3.63, 3.8) is 0 Å². The highest BCUT2D eigenvalue weighted by atomic mass is 35.5. The van der Waals surface area contributed by atoms with Gasteiger partial charge < -0.3 is 19.2 Å². The van der Waals surface area contributed by atoms with E-state index in [9.17, 15) is 4.39 Å². The Balaban J connectivity index is 1.27. The molecule has 2 fully saturated rings. The molecule has 0 saturated carbocycles. The van der Waals surface area contributed by atoms with Crippen LogP contribution in [0, 0.1) is 17.1 Å². The van der Waals surface area contributed by atoms with E-state index in [-0.39, 0.29) is 23.9 Å². The van der Waals surface area contributed by atoms with Gasteiger partial charge in [0.05, 0.1) is 40.6 Å². The van der Waals surface area contributed by atoms with Crippen LogP contribution in [-0.4, -0.2) is 46.5 Å². The third-order valence-corrected chi connectivity index (χ3v) is 6.44. The summed E-state index contributed by atoms with van der Waals surface area (Å²) in [5.74, 6) is -0.449. The molecule has 4 aromatic rings. The molecular formula is C25H18ClFN4O3. The van der Waals surface area contributed by atoms with Crippen molar-refractivity contribution in [1.82, 2.24) is 15.0 Å². The van der Waals surface area contributed by atoms with E-state index in [2.05, 4.69) is 15.0 Å². The predicted octanol–water partition coefficient (Wildman–Crippen LogP) is 4.89. The van der Waals surface area contributed by atoms with Crippen molar-refractivity contribution >= 4 is 22.8 Å². The monoisotopic (exact) mass is 476 g/mol. The van der Waals surface area contributed by atoms with E-state index in [0.717, 1.165) is 12.0 Å². The maximum atomic E-state index is 14.4. The van der Waals surface area contributed by atoms with Crippen molar-refractivity contribution < 1.29 is 18.6 Å². The van der Waals surface area contributed by atoms with Crippen LogP contribution in [0.2, 0.25) is 5.02 Å². The van der Waals surface area contributed by atoms with Gasteiger partial charge in [-0.2, -0.15) is 10.2 Å². The molecule has 9 heteroatoms. The zero-order chi connectivity index (χ0) is 23.2. The molecule has 34 heavy (non-hydrogen) atoms. The Labute approximate surface area is 199 Å². The number of benzene rings is 2. The Bertz CT molecular complexity index is 1430. The molecule has 6 rings (SSSR count). The highest BCUT2D eigenvalue weighted by Gasteiger charge is 2.43. The topological polar surface area (TPSA) is 93.1 Å². The highest BCUT2D eigenvalue weighted by Crippen LogP contribution is 2.33. The van der Waals surface area contributed by atoms with Gasteiger partial charge >= 0.3 is 0 Å². The number of aromatic nitrogens is 3. The fraction of sp³-hybridized carbons (Fsp3) is 0.240. The second-order valence-electron chi connectivity index (χ2n) is 8.27. The summed E-state index contributed by atoms with van der Waals surface area (Å²) in [7, 11) is 0. The first kappa shape index (κ1) is 21.1. The fourth-order valence-electron chi connectivity index (χ4n) is 4.45. The van der Waals surface area contributed by atoms with Crippen LogP contribution in [-0.2, 0) is 9.47 Å². The van der Waals surface area contributed by atoms with E-state index in [1.807, 2.05) is 18.2 Å². The van der Waals surface area contributed by atoms with Crippen molar-refractivity contribution in [2.45, 2.75) is 24.7 Å². The largest absolute Gasteiger partial charge is 0.456 e. The van der Waals surface area contributed by atoms with Crippen LogP contribution < -0.4 is 4.74 Å². The van der Waals surface area contributed by atoms with E-state index in [1.165, 1.54) is 6.07 Å². The van der Waals surface area contributed by atoms with Crippen LogP contribution in [0.4, 0.5) is 4.39 Å². The lowest BCUT2D eigenvalue weighted by atomic mass is 10.0. The summed E-state index contributed by atoms with van der Waals surface area (Å²) in [5.41, 5.74) is 3.83. The van der Waals surface area contributed by atoms with Gasteiger partial charge in [-0.25, -0.2) is 9.37 Å². The number of halogens is 2. The third kappa shape index (κ3) is 3.68.